The Hall–Kier alpha value is -1.88. The van der Waals surface area contributed by atoms with Crippen molar-refractivity contribution >= 4 is 26.5 Å². The molecule has 0 aromatic heterocycles. The first-order valence-electron chi connectivity index (χ1n) is 6.33. The molecule has 2 aromatic carbocycles. The first-order valence-corrected chi connectivity index (χ1v) is 8.39. The van der Waals surface area contributed by atoms with Crippen LogP contribution in [0.3, 0.4) is 0 Å². The second-order valence-electron chi connectivity index (χ2n) is 4.99. The zero-order chi connectivity index (χ0) is 14.8. The van der Waals surface area contributed by atoms with Crippen LogP contribution in [0.4, 0.5) is 0 Å². The van der Waals surface area contributed by atoms with Crippen LogP contribution in [-0.2, 0) is 9.84 Å². The molecule has 0 aliphatic carbocycles. The number of sulfone groups is 1. The Morgan fingerprint density at radius 3 is 2.50 bits per heavy atom. The van der Waals surface area contributed by atoms with Crippen LogP contribution in [0.15, 0.2) is 42.5 Å². The Balaban J connectivity index is 2.24. The summed E-state index contributed by atoms with van der Waals surface area (Å²) in [6.45, 7) is 1.68. The molecule has 5 heteroatoms. The third-order valence-corrected chi connectivity index (χ3v) is 4.07. The highest BCUT2D eigenvalue weighted by molar-refractivity contribution is 7.90. The molecule has 1 amide bonds. The minimum Gasteiger partial charge on any atom is -0.349 e. The van der Waals surface area contributed by atoms with E-state index in [2.05, 4.69) is 5.32 Å². The molecule has 1 atom stereocenters. The van der Waals surface area contributed by atoms with Gasteiger partial charge in [0.1, 0.15) is 9.84 Å². The molecule has 0 aliphatic heterocycles. The van der Waals surface area contributed by atoms with E-state index in [1.165, 1.54) is 0 Å². The lowest BCUT2D eigenvalue weighted by molar-refractivity contribution is 0.0945. The molecule has 1 N–H and O–H groups in total. The van der Waals surface area contributed by atoms with Gasteiger partial charge in [0.05, 0.1) is 5.75 Å². The molecular formula is C15H17NO3S. The van der Waals surface area contributed by atoms with E-state index >= 15 is 0 Å². The summed E-state index contributed by atoms with van der Waals surface area (Å²) < 4.78 is 22.4. The van der Waals surface area contributed by atoms with Crippen molar-refractivity contribution in [3.8, 4) is 0 Å². The van der Waals surface area contributed by atoms with Crippen molar-refractivity contribution < 1.29 is 13.2 Å². The van der Waals surface area contributed by atoms with Gasteiger partial charge in [-0.2, -0.15) is 0 Å². The van der Waals surface area contributed by atoms with Crippen molar-refractivity contribution in [3.63, 3.8) is 0 Å². The fourth-order valence-electron chi connectivity index (χ4n) is 2.22. The Kier molecular flexibility index (Phi) is 4.09. The minimum atomic E-state index is -3.11. The van der Waals surface area contributed by atoms with Crippen LogP contribution in [0.2, 0.25) is 0 Å². The molecule has 0 fully saturated rings. The van der Waals surface area contributed by atoms with Gasteiger partial charge in [0.15, 0.2) is 0 Å². The number of hydrogen-bond donors (Lipinski definition) is 1. The van der Waals surface area contributed by atoms with Crippen LogP contribution in [0, 0.1) is 0 Å². The van der Waals surface area contributed by atoms with Crippen LogP contribution in [0.25, 0.3) is 10.8 Å². The normalized spacial score (nSPS) is 13.1. The molecule has 20 heavy (non-hydrogen) atoms. The van der Waals surface area contributed by atoms with Crippen LogP contribution in [-0.4, -0.2) is 32.4 Å². The van der Waals surface area contributed by atoms with Gasteiger partial charge >= 0.3 is 0 Å². The molecule has 106 valence electrons. The SMILES string of the molecule is CC(CS(C)(=O)=O)NC(=O)c1cccc2ccccc12. The van der Waals surface area contributed by atoms with Crippen LogP contribution >= 0.6 is 0 Å². The Labute approximate surface area is 118 Å². The number of amides is 1. The first kappa shape index (κ1) is 14.5. The number of hydrogen-bond acceptors (Lipinski definition) is 3. The molecule has 0 aliphatic rings. The average molecular weight is 291 g/mol. The van der Waals surface area contributed by atoms with E-state index in [9.17, 15) is 13.2 Å². The van der Waals surface area contributed by atoms with E-state index in [1.807, 2.05) is 36.4 Å². The molecule has 4 nitrogen and oxygen atoms in total. The number of fused-ring (bicyclic) bond motifs is 1. The van der Waals surface area contributed by atoms with Gasteiger partial charge in [0.2, 0.25) is 0 Å². The fraction of sp³-hybridized carbons (Fsp3) is 0.267. The predicted octanol–water partition coefficient (Wildman–Crippen LogP) is 2.00. The lowest BCUT2D eigenvalue weighted by Crippen LogP contribution is -2.37. The summed E-state index contributed by atoms with van der Waals surface area (Å²) in [6, 6.07) is 12.7. The Morgan fingerprint density at radius 2 is 1.80 bits per heavy atom. The van der Waals surface area contributed by atoms with Crippen molar-refractivity contribution in [1.82, 2.24) is 5.32 Å². The molecule has 0 saturated heterocycles. The molecule has 2 rings (SSSR count). The van der Waals surface area contributed by atoms with Gasteiger partial charge in [-0.15, -0.1) is 0 Å². The minimum absolute atomic E-state index is 0.0660. The number of nitrogens with one attached hydrogen (secondary N) is 1. The summed E-state index contributed by atoms with van der Waals surface area (Å²) in [5.41, 5.74) is 0.559. The third-order valence-electron chi connectivity index (χ3n) is 2.96. The van der Waals surface area contributed by atoms with Crippen molar-refractivity contribution in [3.05, 3.63) is 48.0 Å². The number of rotatable bonds is 4. The van der Waals surface area contributed by atoms with Gasteiger partial charge in [-0.25, -0.2) is 8.42 Å². The van der Waals surface area contributed by atoms with Gasteiger partial charge in [0.25, 0.3) is 5.91 Å². The second kappa shape index (κ2) is 5.63. The van der Waals surface area contributed by atoms with Crippen molar-refractivity contribution in [2.24, 2.45) is 0 Å². The summed E-state index contributed by atoms with van der Waals surface area (Å²) in [5, 5.41) is 4.57. The molecule has 0 radical (unpaired) electrons. The van der Waals surface area contributed by atoms with Gasteiger partial charge in [-0.05, 0) is 23.8 Å². The van der Waals surface area contributed by atoms with Crippen LogP contribution in [0.5, 0.6) is 0 Å². The number of benzene rings is 2. The standard InChI is InChI=1S/C15H17NO3S/c1-11(10-20(2,18)19)16-15(17)14-9-5-7-12-6-3-4-8-13(12)14/h3-9,11H,10H2,1-2H3,(H,16,17). The molecule has 0 bridgehead atoms. The van der Waals surface area contributed by atoms with E-state index in [1.54, 1.807) is 13.0 Å². The smallest absolute Gasteiger partial charge is 0.252 e. The largest absolute Gasteiger partial charge is 0.349 e. The topological polar surface area (TPSA) is 63.2 Å². The van der Waals surface area contributed by atoms with Crippen molar-refractivity contribution in [2.75, 3.05) is 12.0 Å². The monoisotopic (exact) mass is 291 g/mol. The summed E-state index contributed by atoms with van der Waals surface area (Å²) in [4.78, 5) is 12.2. The van der Waals surface area contributed by atoms with E-state index in [0.29, 0.717) is 5.56 Å². The second-order valence-corrected chi connectivity index (χ2v) is 7.18. The first-order chi connectivity index (χ1) is 9.37. The molecule has 1 unspecified atom stereocenters. The maximum absolute atomic E-state index is 12.2. The molecule has 0 spiro atoms. The lowest BCUT2D eigenvalue weighted by Gasteiger charge is -2.14. The Morgan fingerprint density at radius 1 is 1.15 bits per heavy atom. The van der Waals surface area contributed by atoms with Gasteiger partial charge in [0, 0.05) is 17.9 Å². The quantitative estimate of drug-likeness (QED) is 0.937. The Bertz CT molecular complexity index is 732. The molecule has 0 saturated carbocycles. The summed E-state index contributed by atoms with van der Waals surface area (Å²) >= 11 is 0. The van der Waals surface area contributed by atoms with E-state index in [4.69, 9.17) is 0 Å². The zero-order valence-electron chi connectivity index (χ0n) is 11.5. The highest BCUT2D eigenvalue weighted by Crippen LogP contribution is 2.18. The molecule has 2 aromatic rings. The fourth-order valence-corrected chi connectivity index (χ4v) is 3.21. The zero-order valence-corrected chi connectivity index (χ0v) is 12.3. The average Bonchev–Trinajstić information content (AvgIpc) is 2.35. The van der Waals surface area contributed by atoms with Crippen molar-refractivity contribution in [1.29, 1.82) is 0 Å². The highest BCUT2D eigenvalue weighted by Gasteiger charge is 2.15. The number of carbonyl (C=O) groups excluding carboxylic acids is 1. The summed E-state index contributed by atoms with van der Waals surface area (Å²) in [6.07, 6.45) is 1.16. The van der Waals surface area contributed by atoms with E-state index < -0.39 is 15.9 Å². The lowest BCUT2D eigenvalue weighted by atomic mass is 10.0. The molecule has 0 heterocycles. The summed E-state index contributed by atoms with van der Waals surface area (Å²) in [7, 11) is -3.11. The maximum Gasteiger partial charge on any atom is 0.252 e. The maximum atomic E-state index is 12.2. The van der Waals surface area contributed by atoms with Gasteiger partial charge < -0.3 is 5.32 Å². The summed E-state index contributed by atoms with van der Waals surface area (Å²) in [5.74, 6) is -0.318. The van der Waals surface area contributed by atoms with Crippen LogP contribution in [0.1, 0.15) is 17.3 Å². The van der Waals surface area contributed by atoms with Crippen molar-refractivity contribution in [2.45, 2.75) is 13.0 Å². The van der Waals surface area contributed by atoms with Gasteiger partial charge in [-0.1, -0.05) is 36.4 Å². The van der Waals surface area contributed by atoms with Crippen LogP contribution < -0.4 is 5.32 Å². The number of carbonyl (C=O) groups is 1. The van der Waals surface area contributed by atoms with E-state index in [0.717, 1.165) is 17.0 Å². The van der Waals surface area contributed by atoms with Gasteiger partial charge in [-0.3, -0.25) is 4.79 Å². The van der Waals surface area contributed by atoms with E-state index in [-0.39, 0.29) is 11.7 Å². The predicted molar refractivity (Wildman–Crippen MR) is 80.6 cm³/mol. The molecular weight excluding hydrogens is 274 g/mol. The highest BCUT2D eigenvalue weighted by atomic mass is 32.2. The third kappa shape index (κ3) is 3.57.